The van der Waals surface area contributed by atoms with Crippen molar-refractivity contribution in [3.63, 3.8) is 0 Å². The maximum atomic E-state index is 12.8. The zero-order valence-corrected chi connectivity index (χ0v) is 18.6. The number of hydrogen-bond acceptors (Lipinski definition) is 6. The Morgan fingerprint density at radius 3 is 2.55 bits per heavy atom. The summed E-state index contributed by atoms with van der Waals surface area (Å²) in [6.07, 6.45) is -0.564. The van der Waals surface area contributed by atoms with Gasteiger partial charge < -0.3 is 19.2 Å². The molecule has 1 aromatic heterocycles. The first kappa shape index (κ1) is 22.8. The molecule has 1 fully saturated rings. The molecule has 8 nitrogen and oxygen atoms in total. The number of amides is 2. The van der Waals surface area contributed by atoms with Crippen molar-refractivity contribution in [2.75, 3.05) is 38.2 Å². The van der Waals surface area contributed by atoms with Gasteiger partial charge in [-0.25, -0.2) is 4.79 Å². The molecule has 8 heteroatoms. The van der Waals surface area contributed by atoms with Gasteiger partial charge in [-0.1, -0.05) is 6.07 Å². The number of nitrogens with zero attached hydrogens (tertiary/aromatic N) is 1. The van der Waals surface area contributed by atoms with E-state index in [-0.39, 0.29) is 11.9 Å². The van der Waals surface area contributed by atoms with Gasteiger partial charge in [-0.05, 0) is 58.0 Å². The number of benzene rings is 1. The average molecular weight is 430 g/mol. The van der Waals surface area contributed by atoms with Gasteiger partial charge >= 0.3 is 6.09 Å². The fraction of sp³-hybridized carbons (Fsp3) is 0.478. The van der Waals surface area contributed by atoms with Crippen LogP contribution < -0.4 is 10.6 Å². The second kappa shape index (κ2) is 9.98. The van der Waals surface area contributed by atoms with Crippen molar-refractivity contribution >= 4 is 17.7 Å². The van der Waals surface area contributed by atoms with Gasteiger partial charge in [-0.2, -0.15) is 0 Å². The van der Waals surface area contributed by atoms with E-state index in [0.29, 0.717) is 31.0 Å². The van der Waals surface area contributed by atoms with Gasteiger partial charge in [0.1, 0.15) is 17.1 Å². The van der Waals surface area contributed by atoms with E-state index in [4.69, 9.17) is 13.9 Å². The predicted molar refractivity (Wildman–Crippen MR) is 117 cm³/mol. The molecular weight excluding hydrogens is 398 g/mol. The number of aryl methyl sites for hydroxylation is 1. The largest absolute Gasteiger partial charge is 0.465 e. The Balaban J connectivity index is 1.64. The molecule has 1 aliphatic heterocycles. The molecule has 2 N–H and O–H groups in total. The summed E-state index contributed by atoms with van der Waals surface area (Å²) >= 11 is 0. The molecule has 2 aromatic rings. The molecular formula is C23H31N3O5. The van der Waals surface area contributed by atoms with Crippen molar-refractivity contribution < 1.29 is 23.5 Å². The number of morpholine rings is 1. The summed E-state index contributed by atoms with van der Waals surface area (Å²) in [5, 5.41) is 5.66. The first-order valence-corrected chi connectivity index (χ1v) is 10.5. The second-order valence-electron chi connectivity index (χ2n) is 8.53. The third-order valence-electron chi connectivity index (χ3n) is 4.80. The van der Waals surface area contributed by atoms with E-state index in [1.54, 1.807) is 45.0 Å². The highest BCUT2D eigenvalue weighted by molar-refractivity contribution is 5.96. The smallest absolute Gasteiger partial charge is 0.412 e. The number of furan rings is 1. The van der Waals surface area contributed by atoms with Crippen molar-refractivity contribution in [1.82, 2.24) is 10.2 Å². The van der Waals surface area contributed by atoms with Crippen molar-refractivity contribution in [3.8, 4) is 0 Å². The molecule has 0 spiro atoms. The van der Waals surface area contributed by atoms with E-state index in [1.165, 1.54) is 0 Å². The third-order valence-corrected chi connectivity index (χ3v) is 4.80. The number of carbonyl (C=O) groups is 2. The fourth-order valence-corrected chi connectivity index (χ4v) is 3.38. The summed E-state index contributed by atoms with van der Waals surface area (Å²) in [4.78, 5) is 27.1. The van der Waals surface area contributed by atoms with E-state index < -0.39 is 11.7 Å². The highest BCUT2D eigenvalue weighted by Crippen LogP contribution is 2.23. The Morgan fingerprint density at radius 1 is 1.16 bits per heavy atom. The van der Waals surface area contributed by atoms with Crippen LogP contribution in [0.3, 0.4) is 0 Å². The van der Waals surface area contributed by atoms with Gasteiger partial charge in [0.15, 0.2) is 0 Å². The third kappa shape index (κ3) is 6.83. The summed E-state index contributed by atoms with van der Waals surface area (Å²) in [7, 11) is 0. The molecule has 1 unspecified atom stereocenters. The monoisotopic (exact) mass is 429 g/mol. The van der Waals surface area contributed by atoms with Crippen LogP contribution in [0, 0.1) is 6.92 Å². The van der Waals surface area contributed by atoms with Crippen LogP contribution in [0.15, 0.2) is 40.8 Å². The molecule has 1 aromatic carbocycles. The Hall–Kier alpha value is -2.84. The zero-order chi connectivity index (χ0) is 22.4. The lowest BCUT2D eigenvalue weighted by Gasteiger charge is -2.33. The molecule has 1 aliphatic rings. The Morgan fingerprint density at radius 2 is 1.90 bits per heavy atom. The molecule has 0 saturated carbocycles. The predicted octanol–water partition coefficient (Wildman–Crippen LogP) is 3.74. The fourth-order valence-electron chi connectivity index (χ4n) is 3.38. The van der Waals surface area contributed by atoms with Crippen LogP contribution in [0.4, 0.5) is 10.5 Å². The van der Waals surface area contributed by atoms with Crippen molar-refractivity contribution in [2.45, 2.75) is 39.3 Å². The molecule has 2 heterocycles. The Bertz CT molecular complexity index is 897. The normalized spacial score (nSPS) is 15.9. The van der Waals surface area contributed by atoms with Gasteiger partial charge in [-0.15, -0.1) is 0 Å². The summed E-state index contributed by atoms with van der Waals surface area (Å²) in [5.41, 5.74) is 0.343. The topological polar surface area (TPSA) is 93.0 Å². The van der Waals surface area contributed by atoms with Crippen LogP contribution in [0.5, 0.6) is 0 Å². The molecule has 1 saturated heterocycles. The molecule has 0 bridgehead atoms. The standard InChI is InChI=1S/C23H31N3O5/c1-16-8-9-20(30-16)19(26-10-12-29-13-11-26)15-24-21(27)17-6-5-7-18(14-17)25-22(28)31-23(2,3)4/h5-9,14,19H,10-13,15H2,1-4H3,(H,24,27)(H,25,28). The summed E-state index contributed by atoms with van der Waals surface area (Å²) < 4.78 is 16.6. The molecule has 2 amide bonds. The van der Waals surface area contributed by atoms with Crippen LogP contribution >= 0.6 is 0 Å². The van der Waals surface area contributed by atoms with E-state index >= 15 is 0 Å². The molecule has 3 rings (SSSR count). The van der Waals surface area contributed by atoms with Crippen LogP contribution in [0.1, 0.15) is 48.7 Å². The van der Waals surface area contributed by atoms with E-state index in [9.17, 15) is 9.59 Å². The minimum atomic E-state index is -0.599. The van der Waals surface area contributed by atoms with E-state index in [0.717, 1.165) is 24.6 Å². The SMILES string of the molecule is Cc1ccc(C(CNC(=O)c2cccc(NC(=O)OC(C)(C)C)c2)N2CCOCC2)o1. The minimum absolute atomic E-state index is 0.0791. The van der Waals surface area contributed by atoms with Gasteiger partial charge in [0, 0.05) is 30.9 Å². The first-order valence-electron chi connectivity index (χ1n) is 10.5. The molecule has 1 atom stereocenters. The number of rotatable bonds is 6. The number of nitrogens with one attached hydrogen (secondary N) is 2. The Labute approximate surface area is 182 Å². The number of hydrogen-bond donors (Lipinski definition) is 2. The second-order valence-corrected chi connectivity index (χ2v) is 8.53. The highest BCUT2D eigenvalue weighted by atomic mass is 16.6. The highest BCUT2D eigenvalue weighted by Gasteiger charge is 2.26. The maximum absolute atomic E-state index is 12.8. The van der Waals surface area contributed by atoms with Gasteiger partial charge in [0.2, 0.25) is 0 Å². The summed E-state index contributed by atoms with van der Waals surface area (Å²) in [6.45, 7) is 10.5. The first-order chi connectivity index (χ1) is 14.7. The average Bonchev–Trinajstić information content (AvgIpc) is 3.13. The van der Waals surface area contributed by atoms with Crippen LogP contribution in [0.2, 0.25) is 0 Å². The van der Waals surface area contributed by atoms with Crippen molar-refractivity contribution in [2.24, 2.45) is 0 Å². The summed E-state index contributed by atoms with van der Waals surface area (Å²) in [6, 6.07) is 10.6. The summed E-state index contributed by atoms with van der Waals surface area (Å²) in [5.74, 6) is 1.43. The molecule has 0 radical (unpaired) electrons. The number of carbonyl (C=O) groups excluding carboxylic acids is 2. The van der Waals surface area contributed by atoms with E-state index in [2.05, 4.69) is 15.5 Å². The van der Waals surface area contributed by atoms with Crippen LogP contribution in [0.25, 0.3) is 0 Å². The van der Waals surface area contributed by atoms with Gasteiger partial charge in [0.25, 0.3) is 5.91 Å². The maximum Gasteiger partial charge on any atom is 0.412 e. The quantitative estimate of drug-likeness (QED) is 0.727. The zero-order valence-electron chi connectivity index (χ0n) is 18.6. The van der Waals surface area contributed by atoms with Gasteiger partial charge in [-0.3, -0.25) is 15.0 Å². The molecule has 31 heavy (non-hydrogen) atoms. The number of ether oxygens (including phenoxy) is 2. The Kier molecular flexibility index (Phi) is 7.35. The molecule has 0 aliphatic carbocycles. The lowest BCUT2D eigenvalue weighted by atomic mass is 10.1. The van der Waals surface area contributed by atoms with E-state index in [1.807, 2.05) is 19.1 Å². The van der Waals surface area contributed by atoms with Gasteiger partial charge in [0.05, 0.1) is 19.3 Å². The van der Waals surface area contributed by atoms with Crippen LogP contribution in [-0.2, 0) is 9.47 Å². The lowest BCUT2D eigenvalue weighted by molar-refractivity contribution is 0.0117. The lowest BCUT2D eigenvalue weighted by Crippen LogP contribution is -2.43. The van der Waals surface area contributed by atoms with Crippen LogP contribution in [-0.4, -0.2) is 55.3 Å². The van der Waals surface area contributed by atoms with Crippen molar-refractivity contribution in [1.29, 1.82) is 0 Å². The molecule has 168 valence electrons. The number of anilines is 1. The van der Waals surface area contributed by atoms with Crippen molar-refractivity contribution in [3.05, 3.63) is 53.5 Å². The minimum Gasteiger partial charge on any atom is -0.465 e.